The number of benzene rings is 4. The fraction of sp³-hybridized carbons (Fsp3) is 0.237. The Morgan fingerprint density at radius 1 is 0.750 bits per heavy atom. The molecular weight excluding hydrogens is 486 g/mol. The van der Waals surface area contributed by atoms with Gasteiger partial charge < -0.3 is 4.90 Å². The number of ketones is 1. The van der Waals surface area contributed by atoms with Gasteiger partial charge in [-0.05, 0) is 65.8 Å². The van der Waals surface area contributed by atoms with E-state index in [9.17, 15) is 4.79 Å². The smallest absolute Gasteiger partial charge is 0.173 e. The number of anilines is 1. The van der Waals surface area contributed by atoms with Gasteiger partial charge in [0.25, 0.3) is 0 Å². The molecular formula is C38H35NO. The van der Waals surface area contributed by atoms with E-state index in [0.29, 0.717) is 0 Å². The van der Waals surface area contributed by atoms with Crippen molar-refractivity contribution in [1.29, 1.82) is 0 Å². The number of para-hydroxylation sites is 1. The van der Waals surface area contributed by atoms with Gasteiger partial charge in [0.05, 0.1) is 11.5 Å². The van der Waals surface area contributed by atoms with Crippen LogP contribution in [-0.2, 0) is 5.41 Å². The fourth-order valence-corrected chi connectivity index (χ4v) is 8.01. The number of Topliss-reactive ketones (excluding diaryl/α,β-unsaturated/α-hetero) is 1. The SMILES string of the molecule is Cc1ccc(C2=CC(c3ccccc3)=C[C@@]3([C@@H]2C(=O)c2ccccc2)N(C)c2ccccc2C32CCCC2)cc1. The van der Waals surface area contributed by atoms with Crippen molar-refractivity contribution in [2.75, 3.05) is 11.9 Å². The number of aryl methyl sites for hydroxylation is 1. The molecule has 0 amide bonds. The molecule has 1 fully saturated rings. The highest BCUT2D eigenvalue weighted by Crippen LogP contribution is 2.65. The van der Waals surface area contributed by atoms with Gasteiger partial charge in [0.1, 0.15) is 0 Å². The summed E-state index contributed by atoms with van der Waals surface area (Å²) >= 11 is 0. The highest BCUT2D eigenvalue weighted by molar-refractivity contribution is 6.10. The Hall–Kier alpha value is -4.17. The van der Waals surface area contributed by atoms with Gasteiger partial charge in [0.15, 0.2) is 5.78 Å². The number of hydrogen-bond acceptors (Lipinski definition) is 2. The van der Waals surface area contributed by atoms with E-state index in [1.165, 1.54) is 40.8 Å². The Kier molecular flexibility index (Phi) is 5.89. The molecule has 0 N–H and O–H groups in total. The standard InChI is InChI=1S/C38H35NO/c1-27-19-21-29(22-20-27)32-25-31(28-13-5-3-6-14-28)26-38(35(32)36(40)30-15-7-4-8-16-30)37(23-11-12-24-37)33-17-9-10-18-34(33)39(38)2/h3-10,13-22,25-26,35H,11-12,23-24H2,1-2H3/t35-,38-/m0/s1. The Balaban J connectivity index is 1.57. The largest absolute Gasteiger partial charge is 0.363 e. The Bertz CT molecular complexity index is 1620. The maximum Gasteiger partial charge on any atom is 0.173 e. The van der Waals surface area contributed by atoms with Crippen molar-refractivity contribution in [3.8, 4) is 0 Å². The predicted molar refractivity (Wildman–Crippen MR) is 166 cm³/mol. The third kappa shape index (κ3) is 3.52. The molecule has 2 atom stereocenters. The molecule has 2 aliphatic carbocycles. The number of rotatable bonds is 4. The van der Waals surface area contributed by atoms with Gasteiger partial charge in [0, 0.05) is 23.7 Å². The average molecular weight is 522 g/mol. The zero-order valence-corrected chi connectivity index (χ0v) is 23.3. The molecule has 4 aromatic rings. The first-order valence-electron chi connectivity index (χ1n) is 14.5. The molecule has 1 aliphatic heterocycles. The summed E-state index contributed by atoms with van der Waals surface area (Å²) in [5, 5.41) is 0. The van der Waals surface area contributed by atoms with Crippen LogP contribution in [0, 0.1) is 12.8 Å². The van der Waals surface area contributed by atoms with Gasteiger partial charge in [-0.15, -0.1) is 0 Å². The van der Waals surface area contributed by atoms with Gasteiger partial charge in [-0.3, -0.25) is 4.79 Å². The van der Waals surface area contributed by atoms with Crippen molar-refractivity contribution >= 4 is 22.6 Å². The third-order valence-corrected chi connectivity index (χ3v) is 9.81. The lowest BCUT2D eigenvalue weighted by atomic mass is 9.55. The molecule has 3 aliphatic rings. The normalized spacial score (nSPS) is 22.8. The second-order valence-corrected chi connectivity index (χ2v) is 11.8. The lowest BCUT2D eigenvalue weighted by molar-refractivity contribution is 0.0874. The highest BCUT2D eigenvalue weighted by Gasteiger charge is 2.66. The average Bonchev–Trinajstić information content (AvgIpc) is 3.58. The minimum atomic E-state index is -0.541. The number of carbonyl (C=O) groups is 1. The minimum Gasteiger partial charge on any atom is -0.363 e. The van der Waals surface area contributed by atoms with E-state index in [2.05, 4.69) is 110 Å². The van der Waals surface area contributed by atoms with Crippen molar-refractivity contribution in [3.05, 3.63) is 149 Å². The van der Waals surface area contributed by atoms with Crippen LogP contribution in [0.25, 0.3) is 11.1 Å². The lowest BCUT2D eigenvalue weighted by Crippen LogP contribution is -2.62. The van der Waals surface area contributed by atoms with Gasteiger partial charge >= 0.3 is 0 Å². The topological polar surface area (TPSA) is 20.3 Å². The number of nitrogens with zero attached hydrogens (tertiary/aromatic N) is 1. The minimum absolute atomic E-state index is 0.155. The molecule has 1 saturated carbocycles. The molecule has 2 spiro atoms. The van der Waals surface area contributed by atoms with Crippen LogP contribution >= 0.6 is 0 Å². The molecule has 0 unspecified atom stereocenters. The predicted octanol–water partition coefficient (Wildman–Crippen LogP) is 8.68. The number of carbonyl (C=O) groups excluding carboxylic acids is 1. The summed E-state index contributed by atoms with van der Waals surface area (Å²) in [6.45, 7) is 2.12. The van der Waals surface area contributed by atoms with E-state index in [-0.39, 0.29) is 17.1 Å². The summed E-state index contributed by atoms with van der Waals surface area (Å²) in [6, 6.07) is 38.3. The van der Waals surface area contributed by atoms with E-state index < -0.39 is 5.54 Å². The van der Waals surface area contributed by atoms with E-state index in [1.54, 1.807) is 0 Å². The molecule has 0 saturated heterocycles. The van der Waals surface area contributed by atoms with Crippen molar-refractivity contribution < 1.29 is 4.79 Å². The molecule has 2 heteroatoms. The van der Waals surface area contributed by atoms with Crippen LogP contribution < -0.4 is 4.90 Å². The summed E-state index contributed by atoms with van der Waals surface area (Å²) in [6.07, 6.45) is 9.29. The zero-order chi connectivity index (χ0) is 27.3. The van der Waals surface area contributed by atoms with Gasteiger partial charge in [0.2, 0.25) is 0 Å². The Labute approximate surface area is 237 Å². The van der Waals surface area contributed by atoms with Crippen LogP contribution in [0.4, 0.5) is 5.69 Å². The maximum atomic E-state index is 15.0. The van der Waals surface area contributed by atoms with Crippen LogP contribution in [0.5, 0.6) is 0 Å². The molecule has 4 aromatic carbocycles. The first-order valence-corrected chi connectivity index (χ1v) is 14.5. The van der Waals surface area contributed by atoms with E-state index in [0.717, 1.165) is 29.5 Å². The van der Waals surface area contributed by atoms with Crippen molar-refractivity contribution in [1.82, 2.24) is 0 Å². The van der Waals surface area contributed by atoms with E-state index in [1.807, 2.05) is 30.3 Å². The van der Waals surface area contributed by atoms with Crippen LogP contribution in [-0.4, -0.2) is 18.4 Å². The number of hydrogen-bond donors (Lipinski definition) is 0. The molecule has 0 aromatic heterocycles. The van der Waals surface area contributed by atoms with Crippen LogP contribution in [0.1, 0.15) is 58.3 Å². The summed E-state index contributed by atoms with van der Waals surface area (Å²) in [4.78, 5) is 17.5. The second-order valence-electron chi connectivity index (χ2n) is 11.8. The van der Waals surface area contributed by atoms with E-state index >= 15 is 0 Å². The molecule has 198 valence electrons. The third-order valence-electron chi connectivity index (χ3n) is 9.81. The van der Waals surface area contributed by atoms with E-state index in [4.69, 9.17) is 0 Å². The maximum absolute atomic E-state index is 15.0. The number of fused-ring (bicyclic) bond motifs is 3. The van der Waals surface area contributed by atoms with Gasteiger partial charge in [-0.2, -0.15) is 0 Å². The van der Waals surface area contributed by atoms with Crippen LogP contribution in [0.3, 0.4) is 0 Å². The summed E-state index contributed by atoms with van der Waals surface area (Å²) < 4.78 is 0. The number of likely N-dealkylation sites (N-methyl/N-ethyl adjacent to an activating group) is 1. The summed E-state index contributed by atoms with van der Waals surface area (Å²) in [5.74, 6) is -0.165. The molecule has 7 rings (SSSR count). The van der Waals surface area contributed by atoms with Crippen LogP contribution in [0.15, 0.2) is 121 Å². The monoisotopic (exact) mass is 521 g/mol. The fourth-order valence-electron chi connectivity index (χ4n) is 8.01. The Morgan fingerprint density at radius 3 is 2.08 bits per heavy atom. The lowest BCUT2D eigenvalue weighted by Gasteiger charge is -2.53. The highest BCUT2D eigenvalue weighted by atomic mass is 16.1. The Morgan fingerprint density at radius 2 is 1.38 bits per heavy atom. The quantitative estimate of drug-likeness (QED) is 0.250. The van der Waals surface area contributed by atoms with Gasteiger partial charge in [-0.25, -0.2) is 0 Å². The van der Waals surface area contributed by atoms with Gasteiger partial charge in [-0.1, -0.05) is 122 Å². The zero-order valence-electron chi connectivity index (χ0n) is 23.3. The first kappa shape index (κ1) is 24.8. The molecule has 40 heavy (non-hydrogen) atoms. The van der Waals surface area contributed by atoms with Crippen molar-refractivity contribution in [3.63, 3.8) is 0 Å². The second kappa shape index (κ2) is 9.48. The summed E-state index contributed by atoms with van der Waals surface area (Å²) in [5.41, 5.74) is 8.57. The van der Waals surface area contributed by atoms with Crippen LogP contribution in [0.2, 0.25) is 0 Å². The number of allylic oxidation sites excluding steroid dienone is 2. The molecule has 0 radical (unpaired) electrons. The molecule has 2 nitrogen and oxygen atoms in total. The van der Waals surface area contributed by atoms with Crippen molar-refractivity contribution in [2.24, 2.45) is 5.92 Å². The summed E-state index contributed by atoms with van der Waals surface area (Å²) in [7, 11) is 2.23. The first-order chi connectivity index (χ1) is 19.5. The molecule has 1 heterocycles. The van der Waals surface area contributed by atoms with Crippen molar-refractivity contribution in [2.45, 2.75) is 43.6 Å². The molecule has 0 bridgehead atoms.